The van der Waals surface area contributed by atoms with Gasteiger partial charge in [0.1, 0.15) is 0 Å². The predicted molar refractivity (Wildman–Crippen MR) is 92.8 cm³/mol. The molecule has 0 spiro atoms. The van der Waals surface area contributed by atoms with Crippen LogP contribution in [-0.4, -0.2) is 32.4 Å². The van der Waals surface area contributed by atoms with E-state index in [2.05, 4.69) is 15.9 Å². The van der Waals surface area contributed by atoms with Crippen LogP contribution in [0.2, 0.25) is 0 Å². The van der Waals surface area contributed by atoms with E-state index in [9.17, 15) is 8.42 Å². The molecule has 0 aliphatic carbocycles. The van der Waals surface area contributed by atoms with Gasteiger partial charge in [0.15, 0.2) is 0 Å². The van der Waals surface area contributed by atoms with Crippen LogP contribution in [0.1, 0.15) is 17.2 Å². The molecule has 1 heterocycles. The molecule has 0 bridgehead atoms. The molecule has 1 aliphatic heterocycles. The summed E-state index contributed by atoms with van der Waals surface area (Å²) in [6, 6.07) is 14.7. The number of morpholine rings is 1. The lowest BCUT2D eigenvalue weighted by Crippen LogP contribution is -2.42. The van der Waals surface area contributed by atoms with Gasteiger partial charge in [-0.25, -0.2) is 8.42 Å². The van der Waals surface area contributed by atoms with E-state index in [1.54, 1.807) is 12.1 Å². The highest BCUT2D eigenvalue weighted by Crippen LogP contribution is 2.28. The van der Waals surface area contributed by atoms with Gasteiger partial charge < -0.3 is 4.74 Å². The molecule has 1 atom stereocenters. The highest BCUT2D eigenvalue weighted by molar-refractivity contribution is 9.10. The Kier molecular flexibility index (Phi) is 4.87. The minimum atomic E-state index is -3.49. The topological polar surface area (TPSA) is 46.6 Å². The van der Waals surface area contributed by atoms with Crippen LogP contribution in [0, 0.1) is 6.92 Å². The second-order valence-corrected chi connectivity index (χ2v) is 8.44. The largest absolute Gasteiger partial charge is 0.371 e. The number of hydrogen-bond donors (Lipinski definition) is 0. The quantitative estimate of drug-likeness (QED) is 0.798. The minimum Gasteiger partial charge on any atom is -0.371 e. The molecule has 1 unspecified atom stereocenters. The summed E-state index contributed by atoms with van der Waals surface area (Å²) in [6.07, 6.45) is -0.249. The number of halogens is 1. The fourth-order valence-electron chi connectivity index (χ4n) is 2.61. The van der Waals surface area contributed by atoms with Gasteiger partial charge in [0.05, 0.1) is 17.6 Å². The van der Waals surface area contributed by atoms with E-state index in [0.29, 0.717) is 24.6 Å². The SMILES string of the molecule is Cc1ccc(S(=O)(=O)N2CCOC(c3cccc(Br)c3)C2)cc1. The van der Waals surface area contributed by atoms with Crippen molar-refractivity contribution in [3.63, 3.8) is 0 Å². The molecule has 23 heavy (non-hydrogen) atoms. The molecule has 2 aromatic carbocycles. The second kappa shape index (κ2) is 6.73. The van der Waals surface area contributed by atoms with Crippen molar-refractivity contribution in [2.75, 3.05) is 19.7 Å². The van der Waals surface area contributed by atoms with Gasteiger partial charge in [-0.15, -0.1) is 0 Å². The fourth-order valence-corrected chi connectivity index (χ4v) is 4.45. The van der Waals surface area contributed by atoms with E-state index >= 15 is 0 Å². The van der Waals surface area contributed by atoms with Crippen molar-refractivity contribution in [2.45, 2.75) is 17.9 Å². The average Bonchev–Trinajstić information content (AvgIpc) is 2.55. The molecular formula is C17H18BrNO3S. The van der Waals surface area contributed by atoms with Crippen LogP contribution in [-0.2, 0) is 14.8 Å². The summed E-state index contributed by atoms with van der Waals surface area (Å²) in [5.41, 5.74) is 2.01. The van der Waals surface area contributed by atoms with E-state index in [1.165, 1.54) is 4.31 Å². The molecule has 1 saturated heterocycles. The number of ether oxygens (including phenoxy) is 1. The summed E-state index contributed by atoms with van der Waals surface area (Å²) in [6.45, 7) is 3.03. The number of benzene rings is 2. The van der Waals surface area contributed by atoms with Crippen LogP contribution < -0.4 is 0 Å². The number of hydrogen-bond acceptors (Lipinski definition) is 3. The van der Waals surface area contributed by atoms with E-state index in [-0.39, 0.29) is 6.10 Å². The maximum Gasteiger partial charge on any atom is 0.243 e. The molecule has 122 valence electrons. The number of nitrogens with zero attached hydrogens (tertiary/aromatic N) is 1. The summed E-state index contributed by atoms with van der Waals surface area (Å²) >= 11 is 3.44. The molecular weight excluding hydrogens is 378 g/mol. The van der Waals surface area contributed by atoms with Gasteiger partial charge in [-0.05, 0) is 36.8 Å². The molecule has 4 nitrogen and oxygen atoms in total. The number of rotatable bonds is 3. The third-order valence-electron chi connectivity index (χ3n) is 3.91. The summed E-state index contributed by atoms with van der Waals surface area (Å²) in [7, 11) is -3.49. The molecule has 0 saturated carbocycles. The Bertz CT molecular complexity index is 790. The highest BCUT2D eigenvalue weighted by Gasteiger charge is 2.31. The van der Waals surface area contributed by atoms with Gasteiger partial charge in [0.2, 0.25) is 10.0 Å². The highest BCUT2D eigenvalue weighted by atomic mass is 79.9. The van der Waals surface area contributed by atoms with Gasteiger partial charge in [0, 0.05) is 17.6 Å². The van der Waals surface area contributed by atoms with Crippen molar-refractivity contribution in [1.29, 1.82) is 0 Å². The van der Waals surface area contributed by atoms with Gasteiger partial charge in [-0.2, -0.15) is 4.31 Å². The first-order valence-corrected chi connectivity index (χ1v) is 9.64. The Labute approximate surface area is 145 Å². The molecule has 0 amide bonds. The number of aryl methyl sites for hydroxylation is 1. The van der Waals surface area contributed by atoms with Crippen LogP contribution in [0.3, 0.4) is 0 Å². The first kappa shape index (κ1) is 16.6. The van der Waals surface area contributed by atoms with Crippen LogP contribution >= 0.6 is 15.9 Å². The maximum absolute atomic E-state index is 12.8. The van der Waals surface area contributed by atoms with Crippen molar-refractivity contribution in [1.82, 2.24) is 4.31 Å². The van der Waals surface area contributed by atoms with Gasteiger partial charge >= 0.3 is 0 Å². The molecule has 0 N–H and O–H groups in total. The Morgan fingerprint density at radius 3 is 2.61 bits per heavy atom. The van der Waals surface area contributed by atoms with Crippen molar-refractivity contribution >= 4 is 26.0 Å². The Hall–Kier alpha value is -1.21. The van der Waals surface area contributed by atoms with Crippen molar-refractivity contribution in [2.24, 2.45) is 0 Å². The molecule has 2 aromatic rings. The lowest BCUT2D eigenvalue weighted by atomic mass is 10.1. The molecule has 0 aromatic heterocycles. The maximum atomic E-state index is 12.8. The number of sulfonamides is 1. The van der Waals surface area contributed by atoms with E-state index < -0.39 is 10.0 Å². The van der Waals surface area contributed by atoms with Gasteiger partial charge in [0.25, 0.3) is 0 Å². The average molecular weight is 396 g/mol. The van der Waals surface area contributed by atoms with Crippen molar-refractivity contribution in [3.8, 4) is 0 Å². The smallest absolute Gasteiger partial charge is 0.243 e. The fraction of sp³-hybridized carbons (Fsp3) is 0.294. The predicted octanol–water partition coefficient (Wildman–Crippen LogP) is 3.52. The van der Waals surface area contributed by atoms with Crippen LogP contribution in [0.25, 0.3) is 0 Å². The first-order valence-electron chi connectivity index (χ1n) is 7.41. The molecule has 1 fully saturated rings. The van der Waals surface area contributed by atoms with Gasteiger partial charge in [-0.3, -0.25) is 0 Å². The molecule has 0 radical (unpaired) electrons. The lowest BCUT2D eigenvalue weighted by Gasteiger charge is -2.32. The molecule has 3 rings (SSSR count). The van der Waals surface area contributed by atoms with Crippen LogP contribution in [0.15, 0.2) is 57.9 Å². The van der Waals surface area contributed by atoms with Gasteiger partial charge in [-0.1, -0.05) is 45.8 Å². The van der Waals surface area contributed by atoms with Crippen molar-refractivity contribution < 1.29 is 13.2 Å². The zero-order chi connectivity index (χ0) is 16.4. The second-order valence-electron chi connectivity index (χ2n) is 5.59. The summed E-state index contributed by atoms with van der Waals surface area (Å²) < 4.78 is 33.8. The van der Waals surface area contributed by atoms with Crippen molar-refractivity contribution in [3.05, 3.63) is 64.1 Å². The van der Waals surface area contributed by atoms with E-state index in [0.717, 1.165) is 15.6 Å². The molecule has 1 aliphatic rings. The monoisotopic (exact) mass is 395 g/mol. The zero-order valence-corrected chi connectivity index (χ0v) is 15.2. The summed E-state index contributed by atoms with van der Waals surface area (Å²) in [5, 5.41) is 0. The van der Waals surface area contributed by atoms with Crippen LogP contribution in [0.5, 0.6) is 0 Å². The van der Waals surface area contributed by atoms with E-state index in [4.69, 9.17) is 4.74 Å². The zero-order valence-electron chi connectivity index (χ0n) is 12.8. The summed E-state index contributed by atoms with van der Waals surface area (Å²) in [5.74, 6) is 0. The Morgan fingerprint density at radius 1 is 1.17 bits per heavy atom. The van der Waals surface area contributed by atoms with E-state index in [1.807, 2.05) is 43.3 Å². The normalized spacial score (nSPS) is 19.7. The summed E-state index contributed by atoms with van der Waals surface area (Å²) in [4.78, 5) is 0.331. The molecule has 6 heteroatoms. The minimum absolute atomic E-state index is 0.249. The van der Waals surface area contributed by atoms with Crippen LogP contribution in [0.4, 0.5) is 0 Å². The Morgan fingerprint density at radius 2 is 1.91 bits per heavy atom. The first-order chi connectivity index (χ1) is 11.0. The lowest BCUT2D eigenvalue weighted by molar-refractivity contribution is -0.00258. The standard InChI is InChI=1S/C17H18BrNO3S/c1-13-5-7-16(8-6-13)23(20,21)19-9-10-22-17(12-19)14-3-2-4-15(18)11-14/h2-8,11,17H,9-10,12H2,1H3. The third kappa shape index (κ3) is 3.66. The Balaban J connectivity index is 1.84. The third-order valence-corrected chi connectivity index (χ3v) is 6.28.